The average molecular weight is 245 g/mol. The molecule has 0 aliphatic carbocycles. The molecule has 16 heavy (non-hydrogen) atoms. The fourth-order valence-electron chi connectivity index (χ4n) is 1.88. The van der Waals surface area contributed by atoms with Crippen molar-refractivity contribution in [3.05, 3.63) is 11.6 Å². The summed E-state index contributed by atoms with van der Waals surface area (Å²) in [7, 11) is 0. The summed E-state index contributed by atoms with van der Waals surface area (Å²) in [5.74, 6) is 0. The van der Waals surface area contributed by atoms with Crippen LogP contribution in [0.15, 0.2) is 11.6 Å². The third kappa shape index (κ3) is 10.2. The highest BCUT2D eigenvalue weighted by atomic mass is 35.5. The Bertz CT molecular complexity index is 209. The topological polar surface area (TPSA) is 17.1 Å². The number of carbonyl (C=O) groups is 1. The van der Waals surface area contributed by atoms with Gasteiger partial charge in [-0.2, -0.15) is 0 Å². The summed E-state index contributed by atoms with van der Waals surface area (Å²) in [6.07, 6.45) is 12.5. The van der Waals surface area contributed by atoms with E-state index in [2.05, 4.69) is 13.8 Å². The molecule has 0 aromatic carbocycles. The molecule has 0 aromatic rings. The van der Waals surface area contributed by atoms with Gasteiger partial charge in [-0.05, 0) is 36.9 Å². The molecule has 0 unspecified atom stereocenters. The standard InChI is InChI=1S/C14H25ClO/c1-3-5-6-7-8-9-11-13(10-4-2)12-14(15)16/h12H,3-11H2,1-2H3/b13-12+. The van der Waals surface area contributed by atoms with Crippen molar-refractivity contribution < 1.29 is 4.79 Å². The minimum absolute atomic E-state index is 0.325. The third-order valence-corrected chi connectivity index (χ3v) is 2.85. The fourth-order valence-corrected chi connectivity index (χ4v) is 2.04. The second-order valence-electron chi connectivity index (χ2n) is 4.37. The summed E-state index contributed by atoms with van der Waals surface area (Å²) in [5, 5.41) is -0.325. The molecule has 2 heteroatoms. The van der Waals surface area contributed by atoms with Crippen LogP contribution in [0.1, 0.15) is 71.6 Å². The molecule has 0 atom stereocenters. The van der Waals surface area contributed by atoms with Crippen LogP contribution in [0.25, 0.3) is 0 Å². The quantitative estimate of drug-likeness (QED) is 0.292. The Hall–Kier alpha value is -0.300. The van der Waals surface area contributed by atoms with Crippen LogP contribution in [-0.2, 0) is 4.79 Å². The van der Waals surface area contributed by atoms with E-state index >= 15 is 0 Å². The maximum Gasteiger partial charge on any atom is 0.245 e. The Morgan fingerprint density at radius 1 is 0.938 bits per heavy atom. The Labute approximate surface area is 105 Å². The average Bonchev–Trinajstić information content (AvgIpc) is 2.22. The van der Waals surface area contributed by atoms with Gasteiger partial charge in [-0.3, -0.25) is 4.79 Å². The van der Waals surface area contributed by atoms with Gasteiger partial charge in [-0.25, -0.2) is 0 Å². The van der Waals surface area contributed by atoms with Crippen molar-refractivity contribution in [2.45, 2.75) is 71.6 Å². The van der Waals surface area contributed by atoms with Crippen molar-refractivity contribution >= 4 is 16.8 Å². The zero-order valence-corrected chi connectivity index (χ0v) is 11.5. The Morgan fingerprint density at radius 3 is 2.12 bits per heavy atom. The molecule has 0 saturated carbocycles. The minimum Gasteiger partial charge on any atom is -0.276 e. The number of hydrogen-bond acceptors (Lipinski definition) is 1. The van der Waals surface area contributed by atoms with E-state index < -0.39 is 0 Å². The van der Waals surface area contributed by atoms with Gasteiger partial charge in [-0.1, -0.05) is 57.9 Å². The first-order valence-corrected chi connectivity index (χ1v) is 6.97. The predicted molar refractivity (Wildman–Crippen MR) is 71.8 cm³/mol. The molecule has 0 saturated heterocycles. The van der Waals surface area contributed by atoms with Crippen molar-refractivity contribution in [3.8, 4) is 0 Å². The van der Waals surface area contributed by atoms with Crippen molar-refractivity contribution in [3.63, 3.8) is 0 Å². The smallest absolute Gasteiger partial charge is 0.245 e. The lowest BCUT2D eigenvalue weighted by Gasteiger charge is -2.05. The van der Waals surface area contributed by atoms with Crippen LogP contribution in [0, 0.1) is 0 Å². The Kier molecular flexibility index (Phi) is 11.0. The van der Waals surface area contributed by atoms with Gasteiger partial charge in [0.25, 0.3) is 0 Å². The number of rotatable bonds is 10. The monoisotopic (exact) mass is 244 g/mol. The first-order valence-electron chi connectivity index (χ1n) is 6.59. The van der Waals surface area contributed by atoms with E-state index in [1.54, 1.807) is 6.08 Å². The predicted octanol–water partition coefficient (Wildman–Crippen LogP) is 5.23. The van der Waals surface area contributed by atoms with E-state index in [1.807, 2.05) is 0 Å². The van der Waals surface area contributed by atoms with Gasteiger partial charge >= 0.3 is 0 Å². The van der Waals surface area contributed by atoms with Crippen LogP contribution < -0.4 is 0 Å². The second kappa shape index (κ2) is 11.2. The van der Waals surface area contributed by atoms with E-state index in [-0.39, 0.29) is 5.24 Å². The summed E-state index contributed by atoms with van der Waals surface area (Å²) in [6.45, 7) is 4.36. The lowest BCUT2D eigenvalue weighted by atomic mass is 10.0. The molecule has 0 rings (SSSR count). The molecule has 0 fully saturated rings. The van der Waals surface area contributed by atoms with Crippen LogP contribution in [0.4, 0.5) is 0 Å². The number of halogens is 1. The molecule has 0 aliphatic rings. The van der Waals surface area contributed by atoms with Crippen molar-refractivity contribution in [1.29, 1.82) is 0 Å². The highest BCUT2D eigenvalue weighted by Gasteiger charge is 1.99. The molecule has 94 valence electrons. The fraction of sp³-hybridized carbons (Fsp3) is 0.786. The molecule has 0 amide bonds. The molecular formula is C14H25ClO. The van der Waals surface area contributed by atoms with E-state index in [9.17, 15) is 4.79 Å². The zero-order chi connectivity index (χ0) is 12.2. The van der Waals surface area contributed by atoms with Crippen molar-refractivity contribution in [1.82, 2.24) is 0 Å². The van der Waals surface area contributed by atoms with Crippen LogP contribution in [0.2, 0.25) is 0 Å². The summed E-state index contributed by atoms with van der Waals surface area (Å²) in [5.41, 5.74) is 1.22. The molecule has 0 heterocycles. The highest BCUT2D eigenvalue weighted by molar-refractivity contribution is 6.66. The van der Waals surface area contributed by atoms with E-state index in [1.165, 1.54) is 44.1 Å². The van der Waals surface area contributed by atoms with Gasteiger partial charge in [-0.15, -0.1) is 0 Å². The van der Waals surface area contributed by atoms with Crippen LogP contribution >= 0.6 is 11.6 Å². The van der Waals surface area contributed by atoms with Crippen LogP contribution in [-0.4, -0.2) is 5.24 Å². The number of unbranched alkanes of at least 4 members (excludes halogenated alkanes) is 5. The van der Waals surface area contributed by atoms with E-state index in [0.29, 0.717) is 0 Å². The molecule has 0 radical (unpaired) electrons. The SMILES string of the molecule is CCCCCCCC/C(=C/C(=O)Cl)CCC. The third-order valence-electron chi connectivity index (χ3n) is 2.74. The van der Waals surface area contributed by atoms with Gasteiger partial charge in [0, 0.05) is 0 Å². The van der Waals surface area contributed by atoms with Gasteiger partial charge < -0.3 is 0 Å². The summed E-state index contributed by atoms with van der Waals surface area (Å²) < 4.78 is 0. The summed E-state index contributed by atoms with van der Waals surface area (Å²) >= 11 is 5.37. The van der Waals surface area contributed by atoms with Gasteiger partial charge in [0.1, 0.15) is 0 Å². The Balaban J connectivity index is 3.64. The van der Waals surface area contributed by atoms with Crippen LogP contribution in [0.5, 0.6) is 0 Å². The van der Waals surface area contributed by atoms with Crippen LogP contribution in [0.3, 0.4) is 0 Å². The second-order valence-corrected chi connectivity index (χ2v) is 4.75. The van der Waals surface area contributed by atoms with Gasteiger partial charge in [0.05, 0.1) is 0 Å². The van der Waals surface area contributed by atoms with E-state index in [4.69, 9.17) is 11.6 Å². The Morgan fingerprint density at radius 2 is 1.56 bits per heavy atom. The first kappa shape index (κ1) is 15.7. The normalized spacial score (nSPS) is 11.8. The number of carbonyl (C=O) groups excluding carboxylic acids is 1. The largest absolute Gasteiger partial charge is 0.276 e. The number of allylic oxidation sites excluding steroid dienone is 2. The maximum atomic E-state index is 10.8. The lowest BCUT2D eigenvalue weighted by Crippen LogP contribution is -1.89. The molecular weight excluding hydrogens is 220 g/mol. The zero-order valence-electron chi connectivity index (χ0n) is 10.7. The van der Waals surface area contributed by atoms with Gasteiger partial charge in [0.15, 0.2) is 0 Å². The molecule has 0 N–H and O–H groups in total. The maximum absolute atomic E-state index is 10.8. The van der Waals surface area contributed by atoms with Crippen molar-refractivity contribution in [2.24, 2.45) is 0 Å². The highest BCUT2D eigenvalue weighted by Crippen LogP contribution is 2.16. The molecule has 0 aliphatic heterocycles. The minimum atomic E-state index is -0.325. The van der Waals surface area contributed by atoms with Gasteiger partial charge in [0.2, 0.25) is 5.24 Å². The summed E-state index contributed by atoms with van der Waals surface area (Å²) in [6, 6.07) is 0. The summed E-state index contributed by atoms with van der Waals surface area (Å²) in [4.78, 5) is 10.8. The molecule has 1 nitrogen and oxygen atoms in total. The first-order chi connectivity index (χ1) is 7.70. The molecule has 0 bridgehead atoms. The number of hydrogen-bond donors (Lipinski definition) is 0. The van der Waals surface area contributed by atoms with E-state index in [0.717, 1.165) is 19.3 Å². The molecule has 0 aromatic heterocycles. The molecule has 0 spiro atoms. The van der Waals surface area contributed by atoms with Crippen molar-refractivity contribution in [2.75, 3.05) is 0 Å². The lowest BCUT2D eigenvalue weighted by molar-refractivity contribution is -0.107.